The zero-order valence-corrected chi connectivity index (χ0v) is 22.4. The third kappa shape index (κ3) is 6.27. The smallest absolute Gasteiger partial charge is 0.223 e. The highest BCUT2D eigenvalue weighted by Gasteiger charge is 2.34. The number of amides is 2. The van der Waals surface area contributed by atoms with Gasteiger partial charge in [0, 0.05) is 81.3 Å². The molecule has 0 saturated carbocycles. The Bertz CT molecular complexity index is 1170. The van der Waals surface area contributed by atoms with Crippen LogP contribution in [-0.2, 0) is 29.2 Å². The number of piperidine rings is 1. The van der Waals surface area contributed by atoms with Crippen LogP contribution in [0.15, 0.2) is 54.3 Å². The Balaban J connectivity index is 1.44. The molecule has 1 aromatic carbocycles. The molecule has 1 fully saturated rings. The lowest BCUT2D eigenvalue weighted by Gasteiger charge is -2.43. The first kappa shape index (κ1) is 25.6. The molecule has 2 amide bonds. The second-order valence-corrected chi connectivity index (χ2v) is 11.1. The number of carbonyl (C=O) groups is 2. The number of aryl methyl sites for hydroxylation is 1. The van der Waals surface area contributed by atoms with Crippen molar-refractivity contribution in [2.24, 2.45) is 0 Å². The molecule has 0 aliphatic carbocycles. The van der Waals surface area contributed by atoms with E-state index >= 15 is 0 Å². The first-order valence-corrected chi connectivity index (χ1v) is 14.2. The van der Waals surface area contributed by atoms with Gasteiger partial charge in [-0.1, -0.05) is 24.6 Å². The first-order chi connectivity index (χ1) is 18.1. The summed E-state index contributed by atoms with van der Waals surface area (Å²) in [6, 6.07) is 10.6. The van der Waals surface area contributed by atoms with E-state index in [1.807, 2.05) is 56.5 Å². The largest absolute Gasteiger partial charge is 0.337 e. The summed E-state index contributed by atoms with van der Waals surface area (Å²) in [4.78, 5) is 37.6. The molecule has 3 aromatic rings. The lowest BCUT2D eigenvalue weighted by molar-refractivity contribution is -0.133. The molecule has 0 N–H and O–H groups in total. The van der Waals surface area contributed by atoms with Gasteiger partial charge in [-0.05, 0) is 43.4 Å². The van der Waals surface area contributed by atoms with E-state index in [1.54, 1.807) is 24.5 Å². The molecule has 4 heterocycles. The highest BCUT2D eigenvalue weighted by molar-refractivity contribution is 7.09. The summed E-state index contributed by atoms with van der Waals surface area (Å²) in [5.41, 5.74) is 1.95. The Morgan fingerprint density at radius 2 is 1.95 bits per heavy atom. The monoisotopic (exact) mass is 520 g/mol. The molecule has 0 radical (unpaired) electrons. The molecule has 0 spiro atoms. The summed E-state index contributed by atoms with van der Waals surface area (Å²) in [7, 11) is 0. The minimum Gasteiger partial charge on any atom is -0.337 e. The van der Waals surface area contributed by atoms with E-state index in [-0.39, 0.29) is 17.9 Å². The molecule has 8 nitrogen and oxygen atoms in total. The Morgan fingerprint density at radius 3 is 2.73 bits per heavy atom. The third-order valence-electron chi connectivity index (χ3n) is 7.64. The zero-order valence-electron chi connectivity index (χ0n) is 21.5. The maximum Gasteiger partial charge on any atom is 0.223 e. The quantitative estimate of drug-likeness (QED) is 0.484. The Morgan fingerprint density at radius 1 is 1.08 bits per heavy atom. The van der Waals surface area contributed by atoms with Crippen molar-refractivity contribution in [2.45, 2.75) is 77.2 Å². The van der Waals surface area contributed by atoms with Crippen LogP contribution in [0.5, 0.6) is 0 Å². The lowest BCUT2D eigenvalue weighted by atomic mass is 9.92. The van der Waals surface area contributed by atoms with Crippen molar-refractivity contribution in [1.82, 2.24) is 24.6 Å². The van der Waals surface area contributed by atoms with Crippen molar-refractivity contribution in [3.8, 4) is 0 Å². The van der Waals surface area contributed by atoms with Crippen LogP contribution in [0.2, 0.25) is 0 Å². The van der Waals surface area contributed by atoms with Crippen molar-refractivity contribution < 1.29 is 9.59 Å². The molecule has 2 aliphatic rings. The molecule has 1 saturated heterocycles. The summed E-state index contributed by atoms with van der Waals surface area (Å²) in [5, 5.41) is 7.41. The van der Waals surface area contributed by atoms with E-state index in [0.717, 1.165) is 61.5 Å². The first-order valence-electron chi connectivity index (χ1n) is 13.3. The number of para-hydroxylation sites is 1. The minimum atomic E-state index is 0.0441. The van der Waals surface area contributed by atoms with Crippen molar-refractivity contribution in [3.63, 3.8) is 0 Å². The van der Waals surface area contributed by atoms with E-state index < -0.39 is 0 Å². The SMILES string of the molecule is CC(=O)N1CCC2CCCC(CN(C(=O)CCCn3cccn3)Cc3ccccc31)N2Cc1nccs1. The van der Waals surface area contributed by atoms with Crippen LogP contribution in [0.3, 0.4) is 0 Å². The molecule has 37 heavy (non-hydrogen) atoms. The summed E-state index contributed by atoms with van der Waals surface area (Å²) < 4.78 is 1.88. The Labute approximate surface area is 222 Å². The number of aromatic nitrogens is 3. The van der Waals surface area contributed by atoms with Crippen LogP contribution in [-0.4, -0.2) is 61.6 Å². The van der Waals surface area contributed by atoms with Crippen LogP contribution >= 0.6 is 11.3 Å². The minimum absolute atomic E-state index is 0.0441. The zero-order chi connectivity index (χ0) is 25.6. The summed E-state index contributed by atoms with van der Waals surface area (Å²) in [5.74, 6) is 0.203. The highest BCUT2D eigenvalue weighted by Crippen LogP contribution is 2.32. The summed E-state index contributed by atoms with van der Waals surface area (Å²) in [6.07, 6.45) is 11.0. The molecule has 5 rings (SSSR count). The van der Waals surface area contributed by atoms with Gasteiger partial charge >= 0.3 is 0 Å². The van der Waals surface area contributed by atoms with Gasteiger partial charge in [-0.2, -0.15) is 5.10 Å². The Kier molecular flexibility index (Phi) is 8.31. The third-order valence-corrected chi connectivity index (χ3v) is 8.41. The number of hydrogen-bond acceptors (Lipinski definition) is 6. The Hall–Kier alpha value is -3.04. The van der Waals surface area contributed by atoms with Gasteiger partial charge in [0.2, 0.25) is 11.8 Å². The molecular formula is C28H36N6O2S. The van der Waals surface area contributed by atoms with Crippen LogP contribution < -0.4 is 4.90 Å². The maximum atomic E-state index is 13.7. The number of nitrogens with zero attached hydrogens (tertiary/aromatic N) is 6. The van der Waals surface area contributed by atoms with Crippen LogP contribution in [0, 0.1) is 0 Å². The molecule has 2 aromatic heterocycles. The normalized spacial score (nSPS) is 20.8. The van der Waals surface area contributed by atoms with Gasteiger partial charge in [0.25, 0.3) is 0 Å². The number of thiazole rings is 1. The predicted octanol–water partition coefficient (Wildman–Crippen LogP) is 4.33. The van der Waals surface area contributed by atoms with Crippen molar-refractivity contribution in [1.29, 1.82) is 0 Å². The van der Waals surface area contributed by atoms with Gasteiger partial charge in [-0.3, -0.25) is 19.2 Å². The molecule has 2 unspecified atom stereocenters. The van der Waals surface area contributed by atoms with E-state index in [9.17, 15) is 9.59 Å². The van der Waals surface area contributed by atoms with E-state index in [0.29, 0.717) is 32.1 Å². The van der Waals surface area contributed by atoms with E-state index in [4.69, 9.17) is 0 Å². The molecule has 9 heteroatoms. The van der Waals surface area contributed by atoms with Crippen molar-refractivity contribution in [3.05, 3.63) is 64.9 Å². The lowest BCUT2D eigenvalue weighted by Crippen LogP contribution is -2.52. The van der Waals surface area contributed by atoms with Crippen molar-refractivity contribution >= 4 is 28.8 Å². The summed E-state index contributed by atoms with van der Waals surface area (Å²) in [6.45, 7) is 5.04. The molecule has 2 atom stereocenters. The fourth-order valence-electron chi connectivity index (χ4n) is 5.80. The van der Waals surface area contributed by atoms with Crippen LogP contribution in [0.25, 0.3) is 0 Å². The van der Waals surface area contributed by atoms with E-state index in [1.165, 1.54) is 0 Å². The number of rotatable bonds is 6. The maximum absolute atomic E-state index is 13.7. The predicted molar refractivity (Wildman–Crippen MR) is 145 cm³/mol. The second-order valence-electron chi connectivity index (χ2n) is 10.1. The molecule has 196 valence electrons. The second kappa shape index (κ2) is 12.0. The summed E-state index contributed by atoms with van der Waals surface area (Å²) >= 11 is 1.69. The van der Waals surface area contributed by atoms with Gasteiger partial charge in [0.05, 0.1) is 6.54 Å². The number of hydrogen-bond donors (Lipinski definition) is 0. The highest BCUT2D eigenvalue weighted by atomic mass is 32.1. The topological polar surface area (TPSA) is 74.6 Å². The number of benzene rings is 1. The number of fused-ring (bicyclic) bond motifs is 3. The number of anilines is 1. The standard InChI is InChI=1S/C28H36N6O2S/c1-22(35)33-17-12-24-8-4-9-25(34(24)21-27-29-14-18-37-27)20-31(19-23-7-2-3-10-26(23)33)28(36)11-5-15-32-16-6-13-30-32/h2-3,6-7,10,13-14,16,18,24-25H,4-5,8-9,11-12,15,17,19-21H2,1H3. The van der Waals surface area contributed by atoms with E-state index in [2.05, 4.69) is 21.0 Å². The van der Waals surface area contributed by atoms with Crippen LogP contribution in [0.1, 0.15) is 56.0 Å². The fourth-order valence-corrected chi connectivity index (χ4v) is 6.43. The van der Waals surface area contributed by atoms with Gasteiger partial charge in [-0.25, -0.2) is 4.98 Å². The average Bonchev–Trinajstić information content (AvgIpc) is 3.60. The van der Waals surface area contributed by atoms with Gasteiger partial charge in [-0.15, -0.1) is 11.3 Å². The average molecular weight is 521 g/mol. The van der Waals surface area contributed by atoms with Gasteiger partial charge < -0.3 is 9.80 Å². The van der Waals surface area contributed by atoms with Gasteiger partial charge in [0.1, 0.15) is 5.01 Å². The van der Waals surface area contributed by atoms with Crippen molar-refractivity contribution in [2.75, 3.05) is 18.0 Å². The molecule has 2 bridgehead atoms. The fraction of sp³-hybridized carbons (Fsp3) is 0.500. The number of carbonyl (C=O) groups excluding carboxylic acids is 2. The molecule has 2 aliphatic heterocycles. The van der Waals surface area contributed by atoms with Crippen LogP contribution in [0.4, 0.5) is 5.69 Å². The van der Waals surface area contributed by atoms with Gasteiger partial charge in [0.15, 0.2) is 0 Å². The molecular weight excluding hydrogens is 484 g/mol.